The third-order valence-corrected chi connectivity index (χ3v) is 8.55. The number of benzene rings is 3. The standard InChI is InChI=1S/C31H38ClN3O5S/c1-4-7-21-33-31(37)27(5-2)34(22-24-17-19-25(32)20-18-24)30(36)23-35(28-15-11-12-16-29(28)40-6-3)41(38,39)26-13-9-8-10-14-26/h8-20,27H,4-7,21-23H2,1-3H3,(H,33,37). The van der Waals surface area contributed by atoms with E-state index < -0.39 is 28.5 Å². The minimum atomic E-state index is -4.18. The Morgan fingerprint density at radius 3 is 2.22 bits per heavy atom. The fraction of sp³-hybridized carbons (Fsp3) is 0.355. The molecule has 0 aliphatic carbocycles. The second kappa shape index (κ2) is 15.4. The van der Waals surface area contributed by atoms with Crippen LogP contribution < -0.4 is 14.4 Å². The second-order valence-corrected chi connectivity index (χ2v) is 11.7. The molecule has 1 unspecified atom stereocenters. The van der Waals surface area contributed by atoms with Crippen LogP contribution in [-0.4, -0.2) is 50.9 Å². The predicted molar refractivity (Wildman–Crippen MR) is 163 cm³/mol. The van der Waals surface area contributed by atoms with Gasteiger partial charge in [0.2, 0.25) is 11.8 Å². The summed E-state index contributed by atoms with van der Waals surface area (Å²) in [6.45, 7) is 6.02. The summed E-state index contributed by atoms with van der Waals surface area (Å²) >= 11 is 6.08. The van der Waals surface area contributed by atoms with Crippen LogP contribution in [0.2, 0.25) is 5.02 Å². The molecule has 0 saturated carbocycles. The highest BCUT2D eigenvalue weighted by Gasteiger charge is 2.34. The summed E-state index contributed by atoms with van der Waals surface area (Å²) in [7, 11) is -4.18. The van der Waals surface area contributed by atoms with E-state index in [9.17, 15) is 18.0 Å². The number of hydrogen-bond donors (Lipinski definition) is 1. The van der Waals surface area contributed by atoms with E-state index in [2.05, 4.69) is 5.32 Å². The van der Waals surface area contributed by atoms with Gasteiger partial charge in [-0.3, -0.25) is 13.9 Å². The van der Waals surface area contributed by atoms with Crippen molar-refractivity contribution in [3.05, 3.63) is 89.4 Å². The zero-order valence-electron chi connectivity index (χ0n) is 23.8. The molecule has 0 bridgehead atoms. The van der Waals surface area contributed by atoms with E-state index in [1.807, 2.05) is 13.8 Å². The highest BCUT2D eigenvalue weighted by molar-refractivity contribution is 7.92. The molecule has 0 fully saturated rings. The lowest BCUT2D eigenvalue weighted by Crippen LogP contribution is -2.52. The number of carbonyl (C=O) groups is 2. The van der Waals surface area contributed by atoms with Gasteiger partial charge in [-0.1, -0.05) is 74.3 Å². The van der Waals surface area contributed by atoms with Crippen molar-refractivity contribution < 1.29 is 22.7 Å². The van der Waals surface area contributed by atoms with Crippen LogP contribution in [0.15, 0.2) is 83.8 Å². The highest BCUT2D eigenvalue weighted by atomic mass is 35.5. The summed E-state index contributed by atoms with van der Waals surface area (Å²) in [6.07, 6.45) is 2.07. The molecule has 2 amide bonds. The van der Waals surface area contributed by atoms with Crippen molar-refractivity contribution in [2.75, 3.05) is 24.0 Å². The third-order valence-electron chi connectivity index (χ3n) is 6.53. The number of carbonyl (C=O) groups excluding carboxylic acids is 2. The topological polar surface area (TPSA) is 96.0 Å². The molecule has 3 rings (SSSR count). The van der Waals surface area contributed by atoms with Crippen LogP contribution in [-0.2, 0) is 26.2 Å². The number of amides is 2. The van der Waals surface area contributed by atoms with Gasteiger partial charge in [0, 0.05) is 18.1 Å². The minimum Gasteiger partial charge on any atom is -0.492 e. The van der Waals surface area contributed by atoms with Gasteiger partial charge in [0.25, 0.3) is 10.0 Å². The Morgan fingerprint density at radius 2 is 1.59 bits per heavy atom. The molecule has 0 heterocycles. The monoisotopic (exact) mass is 599 g/mol. The van der Waals surface area contributed by atoms with Crippen molar-refractivity contribution in [3.63, 3.8) is 0 Å². The summed E-state index contributed by atoms with van der Waals surface area (Å²) in [5.74, 6) is -0.477. The Labute approximate surface area is 248 Å². The molecule has 0 saturated heterocycles. The van der Waals surface area contributed by atoms with Gasteiger partial charge in [-0.05, 0) is 61.7 Å². The summed E-state index contributed by atoms with van der Waals surface area (Å²) < 4.78 is 34.8. The van der Waals surface area contributed by atoms with E-state index in [0.717, 1.165) is 22.7 Å². The van der Waals surface area contributed by atoms with E-state index in [1.165, 1.54) is 17.0 Å². The zero-order chi connectivity index (χ0) is 29.8. The van der Waals surface area contributed by atoms with Crippen molar-refractivity contribution in [2.24, 2.45) is 0 Å². The maximum absolute atomic E-state index is 14.2. The van der Waals surface area contributed by atoms with Gasteiger partial charge in [-0.25, -0.2) is 8.42 Å². The number of anilines is 1. The van der Waals surface area contributed by atoms with E-state index in [-0.39, 0.29) is 23.0 Å². The van der Waals surface area contributed by atoms with Crippen LogP contribution in [0.5, 0.6) is 5.75 Å². The first kappa shape index (κ1) is 32.0. The van der Waals surface area contributed by atoms with Crippen molar-refractivity contribution in [1.82, 2.24) is 10.2 Å². The molecule has 8 nitrogen and oxygen atoms in total. The van der Waals surface area contributed by atoms with Crippen molar-refractivity contribution in [2.45, 2.75) is 57.5 Å². The average molecular weight is 600 g/mol. The highest BCUT2D eigenvalue weighted by Crippen LogP contribution is 2.33. The molecule has 10 heteroatoms. The summed E-state index contributed by atoms with van der Waals surface area (Å²) in [5.41, 5.74) is 0.994. The predicted octanol–water partition coefficient (Wildman–Crippen LogP) is 5.66. The van der Waals surface area contributed by atoms with Crippen molar-refractivity contribution in [3.8, 4) is 5.75 Å². The van der Waals surface area contributed by atoms with Crippen LogP contribution in [0, 0.1) is 0 Å². The first-order chi connectivity index (χ1) is 19.7. The quantitative estimate of drug-likeness (QED) is 0.228. The Morgan fingerprint density at radius 1 is 0.927 bits per heavy atom. The molecule has 0 aliphatic rings. The van der Waals surface area contributed by atoms with Gasteiger partial charge in [-0.2, -0.15) is 0 Å². The number of hydrogen-bond acceptors (Lipinski definition) is 5. The van der Waals surface area contributed by atoms with Crippen LogP contribution in [0.4, 0.5) is 5.69 Å². The maximum Gasteiger partial charge on any atom is 0.264 e. The van der Waals surface area contributed by atoms with Gasteiger partial charge in [-0.15, -0.1) is 0 Å². The molecular formula is C31H38ClN3O5S. The van der Waals surface area contributed by atoms with Gasteiger partial charge < -0.3 is 15.0 Å². The number of halogens is 1. The van der Waals surface area contributed by atoms with Crippen LogP contribution in [0.25, 0.3) is 0 Å². The third kappa shape index (κ3) is 8.47. The molecule has 1 N–H and O–H groups in total. The number of nitrogens with zero attached hydrogens (tertiary/aromatic N) is 2. The normalized spacial score (nSPS) is 11.9. The SMILES string of the molecule is CCCCNC(=O)C(CC)N(Cc1ccc(Cl)cc1)C(=O)CN(c1ccccc1OCC)S(=O)(=O)c1ccccc1. The first-order valence-electron chi connectivity index (χ1n) is 13.8. The van der Waals surface area contributed by atoms with E-state index >= 15 is 0 Å². The molecular weight excluding hydrogens is 562 g/mol. The Hall–Kier alpha value is -3.56. The zero-order valence-corrected chi connectivity index (χ0v) is 25.3. The molecule has 0 aromatic heterocycles. The molecule has 0 aliphatic heterocycles. The van der Waals surface area contributed by atoms with Crippen LogP contribution in [0.3, 0.4) is 0 Å². The van der Waals surface area contributed by atoms with Crippen molar-refractivity contribution in [1.29, 1.82) is 0 Å². The fourth-order valence-corrected chi connectivity index (χ4v) is 5.96. The molecule has 0 radical (unpaired) electrons. The average Bonchev–Trinajstić information content (AvgIpc) is 2.98. The first-order valence-corrected chi connectivity index (χ1v) is 15.7. The smallest absolute Gasteiger partial charge is 0.264 e. The molecule has 3 aromatic carbocycles. The van der Waals surface area contributed by atoms with Crippen molar-refractivity contribution >= 4 is 39.1 Å². The number of unbranched alkanes of at least 4 members (excludes halogenated alkanes) is 1. The Balaban J connectivity index is 2.06. The largest absolute Gasteiger partial charge is 0.492 e. The summed E-state index contributed by atoms with van der Waals surface area (Å²) in [5, 5.41) is 3.47. The Bertz CT molecular complexity index is 1380. The maximum atomic E-state index is 14.2. The molecule has 220 valence electrons. The fourth-order valence-electron chi connectivity index (χ4n) is 4.39. The second-order valence-electron chi connectivity index (χ2n) is 9.44. The lowest BCUT2D eigenvalue weighted by molar-refractivity contribution is -0.140. The molecule has 0 spiro atoms. The van der Waals surface area contributed by atoms with Gasteiger partial charge >= 0.3 is 0 Å². The summed E-state index contributed by atoms with van der Waals surface area (Å²) in [6, 6.07) is 20.8. The number of nitrogens with one attached hydrogen (secondary N) is 1. The minimum absolute atomic E-state index is 0.0349. The lowest BCUT2D eigenvalue weighted by Gasteiger charge is -2.33. The lowest BCUT2D eigenvalue weighted by atomic mass is 10.1. The van der Waals surface area contributed by atoms with E-state index in [1.54, 1.807) is 73.7 Å². The van der Waals surface area contributed by atoms with Gasteiger partial charge in [0.15, 0.2) is 0 Å². The van der Waals surface area contributed by atoms with E-state index in [4.69, 9.17) is 16.3 Å². The molecule has 41 heavy (non-hydrogen) atoms. The summed E-state index contributed by atoms with van der Waals surface area (Å²) in [4.78, 5) is 28.9. The van der Waals surface area contributed by atoms with Gasteiger partial charge in [0.05, 0.1) is 17.2 Å². The van der Waals surface area contributed by atoms with Crippen LogP contribution in [0.1, 0.15) is 45.6 Å². The Kier molecular flexibility index (Phi) is 12.0. The molecule has 3 aromatic rings. The van der Waals surface area contributed by atoms with Gasteiger partial charge in [0.1, 0.15) is 18.3 Å². The number of sulfonamides is 1. The number of ether oxygens (including phenoxy) is 1. The number of rotatable bonds is 15. The van der Waals surface area contributed by atoms with Crippen LogP contribution >= 0.6 is 11.6 Å². The van der Waals surface area contributed by atoms with E-state index in [0.29, 0.717) is 30.3 Å². The molecule has 1 atom stereocenters. The number of para-hydroxylation sites is 2.